The van der Waals surface area contributed by atoms with Crippen LogP contribution in [0.15, 0.2) is 67.3 Å². The lowest BCUT2D eigenvalue weighted by molar-refractivity contribution is -0.119. The number of benzene rings is 1. The van der Waals surface area contributed by atoms with Crippen LogP contribution in [0.3, 0.4) is 0 Å². The third-order valence-electron chi connectivity index (χ3n) is 4.49. The number of hydrogen-bond donors (Lipinski definition) is 1. The molecule has 3 heterocycles. The highest BCUT2D eigenvalue weighted by Gasteiger charge is 2.29. The zero-order valence-electron chi connectivity index (χ0n) is 15.9. The van der Waals surface area contributed by atoms with Crippen LogP contribution in [0.1, 0.15) is 12.8 Å². The lowest BCUT2D eigenvalue weighted by Crippen LogP contribution is -2.32. The van der Waals surface area contributed by atoms with E-state index >= 15 is 0 Å². The standard InChI is InChI=1S/C20H20N2O5S3/c23-17(21-12-14-6-4-10-26-14)13-29-20-19(22-18(27-20)16-9-5-11-28-16)30(24,25)15-7-2-1-3-8-15/h1-3,5,7-9,11,14H,4,6,10,12-13H2,(H,21,23)/t14-/m1/s1. The van der Waals surface area contributed by atoms with E-state index in [4.69, 9.17) is 9.15 Å². The Kier molecular flexibility index (Phi) is 6.57. The van der Waals surface area contributed by atoms with Gasteiger partial charge in [0, 0.05) is 13.2 Å². The lowest BCUT2D eigenvalue weighted by Gasteiger charge is -2.10. The van der Waals surface area contributed by atoms with Crippen LogP contribution in [0.4, 0.5) is 0 Å². The second kappa shape index (κ2) is 9.34. The van der Waals surface area contributed by atoms with Crippen molar-refractivity contribution in [2.45, 2.75) is 34.0 Å². The molecule has 0 aliphatic carbocycles. The molecule has 0 unspecified atom stereocenters. The van der Waals surface area contributed by atoms with Crippen LogP contribution in [0.25, 0.3) is 10.8 Å². The van der Waals surface area contributed by atoms with Gasteiger partial charge >= 0.3 is 0 Å². The van der Waals surface area contributed by atoms with E-state index in [0.29, 0.717) is 11.4 Å². The Morgan fingerprint density at radius 2 is 2.07 bits per heavy atom. The molecule has 0 spiro atoms. The van der Waals surface area contributed by atoms with Crippen molar-refractivity contribution in [1.29, 1.82) is 0 Å². The van der Waals surface area contributed by atoms with Gasteiger partial charge in [-0.1, -0.05) is 36.0 Å². The van der Waals surface area contributed by atoms with Crippen LogP contribution in [0.5, 0.6) is 0 Å². The Balaban J connectivity index is 1.54. The van der Waals surface area contributed by atoms with E-state index in [-0.39, 0.29) is 38.7 Å². The summed E-state index contributed by atoms with van der Waals surface area (Å²) in [5.41, 5.74) is 0. The molecule has 4 rings (SSSR count). The molecule has 0 saturated carbocycles. The van der Waals surface area contributed by atoms with Crippen LogP contribution in [0.2, 0.25) is 0 Å². The molecule has 1 N–H and O–H groups in total. The van der Waals surface area contributed by atoms with Crippen LogP contribution in [-0.4, -0.2) is 44.3 Å². The number of sulfone groups is 1. The summed E-state index contributed by atoms with van der Waals surface area (Å²) in [6, 6.07) is 11.7. The number of thiophene rings is 1. The predicted octanol–water partition coefficient (Wildman–Crippen LogP) is 3.62. The Morgan fingerprint density at radius 3 is 2.77 bits per heavy atom. The van der Waals surface area contributed by atoms with Gasteiger partial charge in [0.05, 0.1) is 21.6 Å². The van der Waals surface area contributed by atoms with Gasteiger partial charge in [-0.05, 0) is 36.4 Å². The van der Waals surface area contributed by atoms with Gasteiger partial charge in [-0.2, -0.15) is 4.98 Å². The van der Waals surface area contributed by atoms with Gasteiger partial charge in [-0.25, -0.2) is 8.42 Å². The highest BCUT2D eigenvalue weighted by Crippen LogP contribution is 2.36. The molecule has 1 atom stereocenters. The number of carbonyl (C=O) groups excluding carboxylic acids is 1. The zero-order valence-corrected chi connectivity index (χ0v) is 18.4. The van der Waals surface area contributed by atoms with Gasteiger partial charge in [-0.15, -0.1) is 11.3 Å². The maximum atomic E-state index is 13.1. The molecule has 1 amide bonds. The van der Waals surface area contributed by atoms with Crippen molar-refractivity contribution < 1.29 is 22.4 Å². The fourth-order valence-corrected chi connectivity index (χ4v) is 6.01. The minimum absolute atomic E-state index is 0.0170. The molecule has 2 aromatic heterocycles. The average molecular weight is 465 g/mol. The van der Waals surface area contributed by atoms with Crippen LogP contribution >= 0.6 is 23.1 Å². The first-order valence-electron chi connectivity index (χ1n) is 9.40. The van der Waals surface area contributed by atoms with Crippen molar-refractivity contribution in [2.24, 2.45) is 0 Å². The molecule has 10 heteroatoms. The topological polar surface area (TPSA) is 98.5 Å². The molecular formula is C20H20N2O5S3. The fraction of sp³-hybridized carbons (Fsp3) is 0.300. The number of ether oxygens (including phenoxy) is 1. The van der Waals surface area contributed by atoms with E-state index in [1.165, 1.54) is 23.5 Å². The summed E-state index contributed by atoms with van der Waals surface area (Å²) in [4.78, 5) is 17.4. The molecule has 1 aliphatic heterocycles. The number of carbonyl (C=O) groups is 1. The van der Waals surface area contributed by atoms with E-state index in [2.05, 4.69) is 10.3 Å². The molecule has 158 valence electrons. The summed E-state index contributed by atoms with van der Waals surface area (Å²) in [7, 11) is -3.89. The molecule has 1 fully saturated rings. The van der Waals surface area contributed by atoms with Crippen molar-refractivity contribution in [3.05, 3.63) is 47.8 Å². The number of rotatable bonds is 8. The summed E-state index contributed by atoms with van der Waals surface area (Å²) >= 11 is 2.42. The van der Waals surface area contributed by atoms with Crippen LogP contribution < -0.4 is 5.32 Å². The van der Waals surface area contributed by atoms with E-state index in [9.17, 15) is 13.2 Å². The number of oxazole rings is 1. The molecular weight excluding hydrogens is 444 g/mol. The first kappa shape index (κ1) is 21.1. The third kappa shape index (κ3) is 4.77. The number of nitrogens with zero attached hydrogens (tertiary/aromatic N) is 1. The largest absolute Gasteiger partial charge is 0.428 e. The molecule has 7 nitrogen and oxygen atoms in total. The van der Waals surface area contributed by atoms with Crippen LogP contribution in [0, 0.1) is 0 Å². The molecule has 1 aromatic carbocycles. The first-order valence-corrected chi connectivity index (χ1v) is 12.7. The van der Waals surface area contributed by atoms with Gasteiger partial charge in [0.1, 0.15) is 0 Å². The van der Waals surface area contributed by atoms with Gasteiger partial charge in [0.2, 0.25) is 31.8 Å². The fourth-order valence-electron chi connectivity index (χ4n) is 2.99. The summed E-state index contributed by atoms with van der Waals surface area (Å²) in [6.07, 6.45) is 1.97. The smallest absolute Gasteiger partial charge is 0.238 e. The van der Waals surface area contributed by atoms with Crippen molar-refractivity contribution in [1.82, 2.24) is 10.3 Å². The quantitative estimate of drug-likeness (QED) is 0.508. The van der Waals surface area contributed by atoms with E-state index in [1.807, 2.05) is 11.4 Å². The van der Waals surface area contributed by atoms with Crippen molar-refractivity contribution in [2.75, 3.05) is 18.9 Å². The molecule has 0 bridgehead atoms. The minimum atomic E-state index is -3.89. The second-order valence-corrected chi connectivity index (χ2v) is 10.4. The van der Waals surface area contributed by atoms with E-state index in [0.717, 1.165) is 31.2 Å². The molecule has 30 heavy (non-hydrogen) atoms. The number of amides is 1. The summed E-state index contributed by atoms with van der Waals surface area (Å²) in [5.74, 6) is 0.0257. The molecule has 1 saturated heterocycles. The maximum Gasteiger partial charge on any atom is 0.238 e. The Labute approximate surface area is 182 Å². The molecule has 1 aliphatic rings. The van der Waals surface area contributed by atoms with Crippen molar-refractivity contribution >= 4 is 38.8 Å². The predicted molar refractivity (Wildman–Crippen MR) is 114 cm³/mol. The van der Waals surface area contributed by atoms with Crippen molar-refractivity contribution in [3.63, 3.8) is 0 Å². The zero-order chi connectivity index (χ0) is 21.0. The number of thioether (sulfide) groups is 1. The monoisotopic (exact) mass is 464 g/mol. The highest BCUT2D eigenvalue weighted by molar-refractivity contribution is 8.00. The lowest BCUT2D eigenvalue weighted by atomic mass is 10.2. The molecule has 3 aromatic rings. The molecule has 0 radical (unpaired) electrons. The Hall–Kier alpha value is -2.14. The summed E-state index contributed by atoms with van der Waals surface area (Å²) < 4.78 is 37.5. The van der Waals surface area contributed by atoms with Gasteiger partial charge < -0.3 is 14.5 Å². The number of nitrogens with one attached hydrogen (secondary N) is 1. The Bertz CT molecular complexity index is 1090. The first-order chi connectivity index (χ1) is 14.5. The maximum absolute atomic E-state index is 13.1. The highest BCUT2D eigenvalue weighted by atomic mass is 32.2. The number of aromatic nitrogens is 1. The van der Waals surface area contributed by atoms with Gasteiger partial charge in [-0.3, -0.25) is 4.79 Å². The second-order valence-electron chi connectivity index (χ2n) is 6.63. The third-order valence-corrected chi connectivity index (χ3v) is 8.10. The van der Waals surface area contributed by atoms with Crippen LogP contribution in [-0.2, 0) is 19.4 Å². The van der Waals surface area contributed by atoms with Gasteiger partial charge in [0.15, 0.2) is 0 Å². The average Bonchev–Trinajstić information content (AvgIpc) is 3.52. The van der Waals surface area contributed by atoms with E-state index < -0.39 is 9.84 Å². The SMILES string of the molecule is O=C(CSc1oc(-c2cccs2)nc1S(=O)(=O)c1ccccc1)NC[C@H]1CCCO1. The number of hydrogen-bond acceptors (Lipinski definition) is 8. The summed E-state index contributed by atoms with van der Waals surface area (Å²) in [5, 5.41) is 4.62. The summed E-state index contributed by atoms with van der Waals surface area (Å²) in [6.45, 7) is 1.17. The minimum Gasteiger partial charge on any atom is -0.428 e. The normalized spacial score (nSPS) is 16.6. The van der Waals surface area contributed by atoms with Gasteiger partial charge in [0.25, 0.3) is 0 Å². The Morgan fingerprint density at radius 1 is 1.23 bits per heavy atom. The van der Waals surface area contributed by atoms with Crippen molar-refractivity contribution in [3.8, 4) is 10.8 Å². The van der Waals surface area contributed by atoms with E-state index in [1.54, 1.807) is 24.3 Å².